The van der Waals surface area contributed by atoms with Crippen molar-refractivity contribution in [3.63, 3.8) is 0 Å². The lowest BCUT2D eigenvalue weighted by Crippen LogP contribution is -2.39. The Morgan fingerprint density at radius 2 is 1.84 bits per heavy atom. The van der Waals surface area contributed by atoms with Crippen molar-refractivity contribution in [2.75, 3.05) is 26.4 Å². The zero-order valence-electron chi connectivity index (χ0n) is 21.5. The number of fused-ring (bicyclic) bond motifs is 1. The number of thiophene rings is 1. The number of thiazole rings is 1. The molecule has 0 amide bonds. The summed E-state index contributed by atoms with van der Waals surface area (Å²) >= 11 is 2.71. The van der Waals surface area contributed by atoms with Crippen molar-refractivity contribution in [3.05, 3.63) is 77.1 Å². The Morgan fingerprint density at radius 3 is 2.53 bits per heavy atom. The molecule has 1 atom stereocenters. The molecular formula is C27H28N2O7S2. The van der Waals surface area contributed by atoms with E-state index in [4.69, 9.17) is 18.9 Å². The van der Waals surface area contributed by atoms with Crippen LogP contribution in [-0.2, 0) is 19.1 Å². The summed E-state index contributed by atoms with van der Waals surface area (Å²) in [5.41, 5.74) is 1.32. The van der Waals surface area contributed by atoms with E-state index in [1.54, 1.807) is 49.6 Å². The highest BCUT2D eigenvalue weighted by Crippen LogP contribution is 2.33. The SMILES string of the molecule is CCOC(=O)COc1ccc(/C=c2\sc3n(c2=O)[C@H](c2cccs2)C(C(=O)OCC)=C(C)N=3)cc1OCC. The fourth-order valence-electron chi connectivity index (χ4n) is 4.00. The molecule has 0 aliphatic carbocycles. The van der Waals surface area contributed by atoms with Crippen molar-refractivity contribution < 1.29 is 28.5 Å². The predicted octanol–water partition coefficient (Wildman–Crippen LogP) is 3.20. The zero-order valence-corrected chi connectivity index (χ0v) is 23.1. The van der Waals surface area contributed by atoms with Gasteiger partial charge in [0.15, 0.2) is 22.9 Å². The molecule has 0 unspecified atom stereocenters. The number of esters is 2. The first-order chi connectivity index (χ1) is 18.4. The molecule has 0 spiro atoms. The standard InChI is InChI=1S/C27H28N2O7S2/c1-5-33-19-13-17(10-11-18(19)36-15-22(30)34-6-2)14-21-25(31)29-24(20-9-8-12-37-20)23(26(32)35-7-3)16(4)28-27(29)38-21/h8-14,24H,5-7,15H2,1-4H3/b21-14-/t24-/m1/s1. The van der Waals surface area contributed by atoms with Crippen molar-refractivity contribution in [3.8, 4) is 11.5 Å². The highest BCUT2D eigenvalue weighted by Gasteiger charge is 2.33. The second-order valence-electron chi connectivity index (χ2n) is 8.05. The second kappa shape index (κ2) is 12.2. The van der Waals surface area contributed by atoms with Gasteiger partial charge in [0.2, 0.25) is 0 Å². The van der Waals surface area contributed by atoms with Gasteiger partial charge in [0.1, 0.15) is 6.04 Å². The number of rotatable bonds is 10. The molecule has 1 aromatic carbocycles. The fraction of sp³-hybridized carbons (Fsp3) is 0.333. The summed E-state index contributed by atoms with van der Waals surface area (Å²) in [5.74, 6) is -0.125. The first-order valence-corrected chi connectivity index (χ1v) is 13.9. The van der Waals surface area contributed by atoms with Crippen LogP contribution in [-0.4, -0.2) is 42.9 Å². The van der Waals surface area contributed by atoms with E-state index in [0.717, 1.165) is 4.88 Å². The van der Waals surface area contributed by atoms with Crippen LogP contribution in [0.4, 0.5) is 0 Å². The van der Waals surface area contributed by atoms with Gasteiger partial charge in [0.05, 0.1) is 35.6 Å². The van der Waals surface area contributed by atoms with E-state index in [9.17, 15) is 14.4 Å². The van der Waals surface area contributed by atoms with Gasteiger partial charge in [-0.1, -0.05) is 23.5 Å². The van der Waals surface area contributed by atoms with Crippen molar-refractivity contribution in [1.29, 1.82) is 0 Å². The quantitative estimate of drug-likeness (QED) is 0.353. The third-order valence-electron chi connectivity index (χ3n) is 5.55. The maximum Gasteiger partial charge on any atom is 0.344 e. The molecule has 11 heteroatoms. The number of ether oxygens (including phenoxy) is 4. The van der Waals surface area contributed by atoms with Gasteiger partial charge in [-0.15, -0.1) is 11.3 Å². The molecule has 0 N–H and O–H groups in total. The third-order valence-corrected chi connectivity index (χ3v) is 7.45. The molecule has 1 aliphatic heterocycles. The number of aromatic nitrogens is 1. The molecule has 0 bridgehead atoms. The second-order valence-corrected chi connectivity index (χ2v) is 10.0. The molecular weight excluding hydrogens is 528 g/mol. The molecule has 4 rings (SSSR count). The summed E-state index contributed by atoms with van der Waals surface area (Å²) in [4.78, 5) is 44.2. The van der Waals surface area contributed by atoms with Crippen molar-refractivity contribution in [2.24, 2.45) is 4.99 Å². The van der Waals surface area contributed by atoms with Gasteiger partial charge in [0.25, 0.3) is 5.56 Å². The Hall–Kier alpha value is -3.70. The van der Waals surface area contributed by atoms with Gasteiger partial charge in [-0.3, -0.25) is 9.36 Å². The van der Waals surface area contributed by atoms with E-state index < -0.39 is 18.0 Å². The zero-order chi connectivity index (χ0) is 27.2. The van der Waals surface area contributed by atoms with E-state index in [1.807, 2.05) is 24.4 Å². The topological polar surface area (TPSA) is 105 Å². The average molecular weight is 557 g/mol. The number of hydrogen-bond donors (Lipinski definition) is 0. The van der Waals surface area contributed by atoms with Gasteiger partial charge in [-0.25, -0.2) is 14.6 Å². The smallest absolute Gasteiger partial charge is 0.344 e. The minimum atomic E-state index is -0.620. The van der Waals surface area contributed by atoms with Crippen LogP contribution in [0.1, 0.15) is 44.2 Å². The summed E-state index contributed by atoms with van der Waals surface area (Å²) in [5, 5.41) is 1.91. The van der Waals surface area contributed by atoms with E-state index in [2.05, 4.69) is 4.99 Å². The van der Waals surface area contributed by atoms with E-state index in [-0.39, 0.29) is 25.4 Å². The minimum Gasteiger partial charge on any atom is -0.490 e. The molecule has 2 aromatic heterocycles. The Kier molecular flexibility index (Phi) is 8.80. The number of allylic oxidation sites excluding steroid dienone is 1. The van der Waals surface area contributed by atoms with Crippen molar-refractivity contribution in [1.82, 2.24) is 4.57 Å². The summed E-state index contributed by atoms with van der Waals surface area (Å²) < 4.78 is 23.5. The van der Waals surface area contributed by atoms with Gasteiger partial charge in [0, 0.05) is 4.88 Å². The van der Waals surface area contributed by atoms with Crippen LogP contribution < -0.4 is 24.4 Å². The summed E-state index contributed by atoms with van der Waals surface area (Å²) in [7, 11) is 0. The summed E-state index contributed by atoms with van der Waals surface area (Å²) in [6.45, 7) is 7.70. The molecule has 200 valence electrons. The molecule has 38 heavy (non-hydrogen) atoms. The molecule has 1 aliphatic rings. The van der Waals surface area contributed by atoms with E-state index >= 15 is 0 Å². The lowest BCUT2D eigenvalue weighted by molar-refractivity contribution is -0.145. The fourth-order valence-corrected chi connectivity index (χ4v) is 5.87. The van der Waals surface area contributed by atoms with Gasteiger partial charge in [-0.05, 0) is 62.9 Å². The Balaban J connectivity index is 1.76. The highest BCUT2D eigenvalue weighted by molar-refractivity contribution is 7.10. The Bertz CT molecular complexity index is 1530. The Labute approximate surface area is 227 Å². The molecule has 0 saturated carbocycles. The van der Waals surface area contributed by atoms with Crippen LogP contribution >= 0.6 is 22.7 Å². The third kappa shape index (κ3) is 5.73. The first-order valence-electron chi connectivity index (χ1n) is 12.2. The number of nitrogens with zero attached hydrogens (tertiary/aromatic N) is 2. The van der Waals surface area contributed by atoms with Crippen LogP contribution in [0, 0.1) is 0 Å². The van der Waals surface area contributed by atoms with Crippen LogP contribution in [0.15, 0.2) is 56.8 Å². The number of benzene rings is 1. The number of hydrogen-bond acceptors (Lipinski definition) is 10. The molecule has 0 radical (unpaired) electrons. The van der Waals surface area contributed by atoms with Crippen LogP contribution in [0.2, 0.25) is 0 Å². The maximum absolute atomic E-state index is 13.7. The first kappa shape index (κ1) is 27.3. The molecule has 0 fully saturated rings. The van der Waals surface area contributed by atoms with Crippen molar-refractivity contribution in [2.45, 2.75) is 33.7 Å². The molecule has 3 aromatic rings. The van der Waals surface area contributed by atoms with Gasteiger partial charge >= 0.3 is 11.9 Å². The van der Waals surface area contributed by atoms with Crippen molar-refractivity contribution >= 4 is 40.7 Å². The Morgan fingerprint density at radius 1 is 1.05 bits per heavy atom. The average Bonchev–Trinajstić information content (AvgIpc) is 3.52. The lowest BCUT2D eigenvalue weighted by Gasteiger charge is -2.23. The summed E-state index contributed by atoms with van der Waals surface area (Å²) in [6.07, 6.45) is 1.75. The normalized spacial score (nSPS) is 15.1. The van der Waals surface area contributed by atoms with Gasteiger partial charge < -0.3 is 18.9 Å². The monoisotopic (exact) mass is 556 g/mol. The number of carbonyl (C=O) groups is 2. The lowest BCUT2D eigenvalue weighted by atomic mass is 10.0. The van der Waals surface area contributed by atoms with Crippen LogP contribution in [0.5, 0.6) is 11.5 Å². The minimum absolute atomic E-state index is 0.221. The maximum atomic E-state index is 13.7. The van der Waals surface area contributed by atoms with E-state index in [1.165, 1.54) is 22.7 Å². The molecule has 3 heterocycles. The number of carbonyl (C=O) groups excluding carboxylic acids is 2. The van der Waals surface area contributed by atoms with Gasteiger partial charge in [-0.2, -0.15) is 0 Å². The molecule has 0 saturated heterocycles. The summed E-state index contributed by atoms with van der Waals surface area (Å²) in [6, 6.07) is 8.36. The molecule has 9 nitrogen and oxygen atoms in total. The largest absolute Gasteiger partial charge is 0.490 e. The predicted molar refractivity (Wildman–Crippen MR) is 144 cm³/mol. The van der Waals surface area contributed by atoms with E-state index in [0.29, 0.717) is 44.3 Å². The van der Waals surface area contributed by atoms with Crippen LogP contribution in [0.3, 0.4) is 0 Å². The highest BCUT2D eigenvalue weighted by atomic mass is 32.1. The van der Waals surface area contributed by atoms with Crippen LogP contribution in [0.25, 0.3) is 6.08 Å².